The van der Waals surface area contributed by atoms with Crippen molar-refractivity contribution in [3.05, 3.63) is 0 Å². The van der Waals surface area contributed by atoms with Crippen LogP contribution < -0.4 is 0 Å². The van der Waals surface area contributed by atoms with Crippen molar-refractivity contribution in [3.8, 4) is 0 Å². The Kier molecular flexibility index (Phi) is 1.54. The fraction of sp³-hybridized carbons (Fsp3) is 1.00. The van der Waals surface area contributed by atoms with Gasteiger partial charge in [0.1, 0.15) is 0 Å². The molecule has 0 saturated heterocycles. The average Bonchev–Trinajstić information content (AvgIpc) is 2.51. The van der Waals surface area contributed by atoms with Crippen LogP contribution in [0.3, 0.4) is 0 Å². The molecule has 0 bridgehead atoms. The van der Waals surface area contributed by atoms with Crippen molar-refractivity contribution in [3.63, 3.8) is 0 Å². The van der Waals surface area contributed by atoms with Crippen molar-refractivity contribution < 1.29 is 5.11 Å². The highest BCUT2D eigenvalue weighted by Gasteiger charge is 2.66. The van der Waals surface area contributed by atoms with Crippen LogP contribution >= 0.6 is 0 Å². The number of hydrogen-bond donors (Lipinski definition) is 1. The molecule has 1 N–H and O–H groups in total. The molecule has 0 heterocycles. The number of aliphatic hydroxyl groups is 1. The van der Waals surface area contributed by atoms with Gasteiger partial charge in [0.15, 0.2) is 0 Å². The van der Waals surface area contributed by atoms with Gasteiger partial charge in [0.2, 0.25) is 0 Å². The third-order valence-electron chi connectivity index (χ3n) is 4.00. The molecule has 2 fully saturated rings. The van der Waals surface area contributed by atoms with E-state index in [0.717, 1.165) is 6.42 Å². The molecule has 0 aliphatic heterocycles. The van der Waals surface area contributed by atoms with Gasteiger partial charge in [-0.3, -0.25) is 0 Å². The van der Waals surface area contributed by atoms with Gasteiger partial charge in [-0.25, -0.2) is 0 Å². The minimum absolute atomic E-state index is 0.229. The molecule has 1 heteroatoms. The summed E-state index contributed by atoms with van der Waals surface area (Å²) in [6.07, 6.45) is 5.05. The van der Waals surface area contributed by atoms with E-state index < -0.39 is 0 Å². The lowest BCUT2D eigenvalue weighted by molar-refractivity contribution is 0.0495. The van der Waals surface area contributed by atoms with E-state index in [1.54, 1.807) is 0 Å². The van der Waals surface area contributed by atoms with Crippen molar-refractivity contribution in [2.45, 2.75) is 45.1 Å². The quantitative estimate of drug-likeness (QED) is 0.646. The van der Waals surface area contributed by atoms with E-state index in [-0.39, 0.29) is 5.60 Å². The van der Waals surface area contributed by atoms with Crippen LogP contribution in [0.4, 0.5) is 0 Å². The Balaban J connectivity index is 2.04. The van der Waals surface area contributed by atoms with Crippen molar-refractivity contribution in [1.82, 2.24) is 0 Å². The first kappa shape index (κ1) is 7.60. The van der Waals surface area contributed by atoms with Gasteiger partial charge in [-0.2, -0.15) is 0 Å². The summed E-state index contributed by atoms with van der Waals surface area (Å²) in [5.41, 5.74) is -0.229. The van der Waals surface area contributed by atoms with Crippen molar-refractivity contribution >= 4 is 0 Å². The van der Waals surface area contributed by atoms with Gasteiger partial charge in [-0.05, 0) is 30.6 Å². The van der Waals surface area contributed by atoms with Gasteiger partial charge < -0.3 is 5.11 Å². The summed E-state index contributed by atoms with van der Waals surface area (Å²) in [7, 11) is 0. The second kappa shape index (κ2) is 2.22. The molecule has 0 amide bonds. The van der Waals surface area contributed by atoms with Crippen LogP contribution in [0.1, 0.15) is 39.5 Å². The van der Waals surface area contributed by atoms with Crippen LogP contribution in [0.25, 0.3) is 0 Å². The summed E-state index contributed by atoms with van der Waals surface area (Å²) < 4.78 is 0. The van der Waals surface area contributed by atoms with E-state index in [2.05, 4.69) is 13.8 Å². The molecule has 0 aromatic heterocycles. The fourth-order valence-corrected chi connectivity index (χ4v) is 3.03. The Morgan fingerprint density at radius 2 is 2.00 bits per heavy atom. The van der Waals surface area contributed by atoms with E-state index in [9.17, 15) is 5.11 Å². The normalized spacial score (nSPS) is 50.5. The maximum absolute atomic E-state index is 10.2. The van der Waals surface area contributed by atoms with Crippen LogP contribution in [-0.4, -0.2) is 10.7 Å². The minimum atomic E-state index is -0.229. The molecule has 3 atom stereocenters. The molecule has 64 valence electrons. The lowest BCUT2D eigenvalue weighted by Gasteiger charge is -2.20. The molecule has 2 rings (SSSR count). The van der Waals surface area contributed by atoms with Crippen molar-refractivity contribution in [2.24, 2.45) is 17.8 Å². The second-order valence-corrected chi connectivity index (χ2v) is 4.34. The number of rotatable bonds is 2. The lowest BCUT2D eigenvalue weighted by Crippen LogP contribution is -2.24. The van der Waals surface area contributed by atoms with Crippen molar-refractivity contribution in [1.29, 1.82) is 0 Å². The molecule has 2 aliphatic carbocycles. The monoisotopic (exact) mass is 154 g/mol. The first-order valence-corrected chi connectivity index (χ1v) is 4.93. The highest BCUT2D eigenvalue weighted by Crippen LogP contribution is 2.64. The maximum atomic E-state index is 10.2. The maximum Gasteiger partial charge on any atom is 0.0736 e. The fourth-order valence-electron chi connectivity index (χ4n) is 3.03. The van der Waals surface area contributed by atoms with Gasteiger partial charge in [-0.1, -0.05) is 26.7 Å². The van der Waals surface area contributed by atoms with E-state index in [0.29, 0.717) is 17.8 Å². The molecule has 0 aromatic carbocycles. The smallest absolute Gasteiger partial charge is 0.0736 e. The Morgan fingerprint density at radius 3 is 2.45 bits per heavy atom. The number of fused-ring (bicyclic) bond motifs is 1. The molecule has 0 aromatic rings. The van der Waals surface area contributed by atoms with Crippen molar-refractivity contribution in [2.75, 3.05) is 0 Å². The molecular formula is C10H18O. The summed E-state index contributed by atoms with van der Waals surface area (Å²) in [5.74, 6) is 1.88. The summed E-state index contributed by atoms with van der Waals surface area (Å²) >= 11 is 0. The summed E-state index contributed by atoms with van der Waals surface area (Å²) in [6.45, 7) is 4.37. The summed E-state index contributed by atoms with van der Waals surface area (Å²) in [4.78, 5) is 0. The predicted octanol–water partition coefficient (Wildman–Crippen LogP) is 2.19. The zero-order chi connectivity index (χ0) is 8.06. The first-order chi connectivity index (χ1) is 5.21. The molecule has 1 nitrogen and oxygen atoms in total. The second-order valence-electron chi connectivity index (χ2n) is 4.34. The highest BCUT2D eigenvalue weighted by atomic mass is 16.3. The third-order valence-corrected chi connectivity index (χ3v) is 4.00. The molecule has 0 radical (unpaired) electrons. The molecule has 2 saturated carbocycles. The number of hydrogen-bond acceptors (Lipinski definition) is 1. The molecule has 11 heavy (non-hydrogen) atoms. The standard InChI is InChI=1S/C10H18O/c1-3-7(2)10(11)8-5-4-6-9(8)10/h7-9,11H,3-6H2,1-2H3. The van der Waals surface area contributed by atoms with Crippen LogP contribution in [0.2, 0.25) is 0 Å². The van der Waals surface area contributed by atoms with Gasteiger partial charge in [0.05, 0.1) is 5.60 Å². The Hall–Kier alpha value is -0.0400. The third kappa shape index (κ3) is 0.807. The molecule has 2 aliphatic rings. The largest absolute Gasteiger partial charge is 0.389 e. The van der Waals surface area contributed by atoms with E-state index in [4.69, 9.17) is 0 Å². The van der Waals surface area contributed by atoms with E-state index in [1.807, 2.05) is 0 Å². The average molecular weight is 154 g/mol. The van der Waals surface area contributed by atoms with Gasteiger partial charge in [0, 0.05) is 0 Å². The van der Waals surface area contributed by atoms with E-state index in [1.165, 1.54) is 19.3 Å². The topological polar surface area (TPSA) is 20.2 Å². The Morgan fingerprint density at radius 1 is 1.45 bits per heavy atom. The van der Waals surface area contributed by atoms with Crippen LogP contribution in [0, 0.1) is 17.8 Å². The lowest BCUT2D eigenvalue weighted by atomic mass is 9.92. The zero-order valence-electron chi connectivity index (χ0n) is 7.51. The molecule has 3 unspecified atom stereocenters. The highest BCUT2D eigenvalue weighted by molar-refractivity contribution is 5.16. The Bertz CT molecular complexity index is 149. The van der Waals surface area contributed by atoms with Crippen LogP contribution in [0.5, 0.6) is 0 Å². The summed E-state index contributed by atoms with van der Waals surface area (Å²) in [5, 5.41) is 10.2. The van der Waals surface area contributed by atoms with E-state index >= 15 is 0 Å². The van der Waals surface area contributed by atoms with Crippen LogP contribution in [-0.2, 0) is 0 Å². The van der Waals surface area contributed by atoms with Gasteiger partial charge >= 0.3 is 0 Å². The summed E-state index contributed by atoms with van der Waals surface area (Å²) in [6, 6.07) is 0. The minimum Gasteiger partial charge on any atom is -0.389 e. The zero-order valence-corrected chi connectivity index (χ0v) is 7.51. The van der Waals surface area contributed by atoms with Gasteiger partial charge in [0.25, 0.3) is 0 Å². The first-order valence-electron chi connectivity index (χ1n) is 4.93. The predicted molar refractivity (Wildman–Crippen MR) is 45.2 cm³/mol. The van der Waals surface area contributed by atoms with Crippen LogP contribution in [0.15, 0.2) is 0 Å². The van der Waals surface area contributed by atoms with Gasteiger partial charge in [-0.15, -0.1) is 0 Å². The molecule has 0 spiro atoms. The molecular weight excluding hydrogens is 136 g/mol. The Labute approximate surface area is 68.8 Å². The SMILES string of the molecule is CCC(C)C1(O)C2CCCC21.